The highest BCUT2D eigenvalue weighted by atomic mass is 32.1. The second-order valence-corrected chi connectivity index (χ2v) is 5.14. The number of hydrogen-bond donors (Lipinski definition) is 2. The molecule has 0 aliphatic heterocycles. The summed E-state index contributed by atoms with van der Waals surface area (Å²) in [5.41, 5.74) is 0. The summed E-state index contributed by atoms with van der Waals surface area (Å²) in [5, 5.41) is 9.85. The quantitative estimate of drug-likeness (QED) is 0.748. The van der Waals surface area contributed by atoms with E-state index in [2.05, 4.69) is 45.9 Å². The molecule has 0 spiro atoms. The molecule has 18 heavy (non-hydrogen) atoms. The van der Waals surface area contributed by atoms with E-state index >= 15 is 0 Å². The predicted molar refractivity (Wildman–Crippen MR) is 79.6 cm³/mol. The van der Waals surface area contributed by atoms with Crippen LogP contribution in [0.25, 0.3) is 10.2 Å². The number of aromatic nitrogens is 2. The Balaban J connectivity index is 2.21. The lowest BCUT2D eigenvalue weighted by molar-refractivity contribution is 0.831. The van der Waals surface area contributed by atoms with Crippen LogP contribution in [0, 0.1) is 0 Å². The lowest BCUT2D eigenvalue weighted by atomic mass is 10.3. The van der Waals surface area contributed by atoms with Gasteiger partial charge in [-0.25, -0.2) is 4.98 Å². The summed E-state index contributed by atoms with van der Waals surface area (Å²) in [6.07, 6.45) is 3.42. The fourth-order valence-electron chi connectivity index (χ4n) is 1.69. The van der Waals surface area contributed by atoms with Crippen LogP contribution in [0.1, 0.15) is 33.1 Å². The second-order valence-electron chi connectivity index (χ2n) is 4.24. The number of thiophene rings is 1. The summed E-state index contributed by atoms with van der Waals surface area (Å²) in [4.78, 5) is 10.1. The molecule has 2 aromatic heterocycles. The summed E-state index contributed by atoms with van der Waals surface area (Å²) in [6.45, 7) is 6.20. The third-order valence-electron chi connectivity index (χ3n) is 2.68. The molecule has 0 radical (unpaired) electrons. The molecule has 0 aliphatic rings. The van der Waals surface area contributed by atoms with Crippen LogP contribution in [-0.4, -0.2) is 23.1 Å². The first-order valence-corrected chi connectivity index (χ1v) is 7.46. The number of fused-ring (bicyclic) bond motifs is 1. The highest BCUT2D eigenvalue weighted by molar-refractivity contribution is 7.16. The monoisotopic (exact) mass is 264 g/mol. The van der Waals surface area contributed by atoms with E-state index in [0.717, 1.165) is 47.9 Å². The standard InChI is InChI=1S/C13H20N4S/c1-3-5-8-14-11-10-6-9-18-12(10)17-13(16-11)15-7-4-2/h6,9H,3-5,7-8H2,1-2H3,(H2,14,15,16,17). The van der Waals surface area contributed by atoms with Crippen LogP contribution in [-0.2, 0) is 0 Å². The third-order valence-corrected chi connectivity index (χ3v) is 3.49. The number of nitrogens with one attached hydrogen (secondary N) is 2. The zero-order chi connectivity index (χ0) is 12.8. The Bertz CT molecular complexity index is 495. The van der Waals surface area contributed by atoms with Crippen LogP contribution in [0.3, 0.4) is 0 Å². The second kappa shape index (κ2) is 6.54. The van der Waals surface area contributed by atoms with Crippen molar-refractivity contribution in [3.05, 3.63) is 11.4 Å². The normalized spacial score (nSPS) is 10.8. The summed E-state index contributed by atoms with van der Waals surface area (Å²) in [7, 11) is 0. The van der Waals surface area contributed by atoms with Gasteiger partial charge in [0.25, 0.3) is 0 Å². The van der Waals surface area contributed by atoms with E-state index in [-0.39, 0.29) is 0 Å². The molecule has 0 aromatic carbocycles. The molecule has 2 rings (SSSR count). The molecular weight excluding hydrogens is 244 g/mol. The van der Waals surface area contributed by atoms with Gasteiger partial charge in [-0.15, -0.1) is 11.3 Å². The van der Waals surface area contributed by atoms with Gasteiger partial charge in [-0.3, -0.25) is 0 Å². The molecule has 0 fully saturated rings. The van der Waals surface area contributed by atoms with Gasteiger partial charge in [0.15, 0.2) is 0 Å². The maximum absolute atomic E-state index is 4.56. The summed E-state index contributed by atoms with van der Waals surface area (Å²) >= 11 is 1.66. The predicted octanol–water partition coefficient (Wildman–Crippen LogP) is 3.73. The lowest BCUT2D eigenvalue weighted by Gasteiger charge is -2.09. The van der Waals surface area contributed by atoms with Gasteiger partial charge in [0.2, 0.25) is 5.95 Å². The van der Waals surface area contributed by atoms with Crippen molar-refractivity contribution >= 4 is 33.3 Å². The first-order chi connectivity index (χ1) is 8.85. The maximum atomic E-state index is 4.56. The average Bonchev–Trinajstić information content (AvgIpc) is 2.85. The molecule has 0 amide bonds. The van der Waals surface area contributed by atoms with Gasteiger partial charge in [0, 0.05) is 13.1 Å². The number of nitrogens with zero attached hydrogens (tertiary/aromatic N) is 2. The topological polar surface area (TPSA) is 49.8 Å². The molecule has 4 nitrogen and oxygen atoms in total. The highest BCUT2D eigenvalue weighted by Crippen LogP contribution is 2.26. The Morgan fingerprint density at radius 1 is 1.11 bits per heavy atom. The number of rotatable bonds is 7. The van der Waals surface area contributed by atoms with Crippen LogP contribution in [0.5, 0.6) is 0 Å². The first kappa shape index (κ1) is 13.1. The number of hydrogen-bond acceptors (Lipinski definition) is 5. The Labute approximate surface area is 112 Å². The SMILES string of the molecule is CCCCNc1nc(NCCC)nc2sccc12. The lowest BCUT2D eigenvalue weighted by Crippen LogP contribution is -2.08. The van der Waals surface area contributed by atoms with Crippen LogP contribution < -0.4 is 10.6 Å². The smallest absolute Gasteiger partial charge is 0.226 e. The minimum absolute atomic E-state index is 0.728. The van der Waals surface area contributed by atoms with Crippen molar-refractivity contribution < 1.29 is 0 Å². The fraction of sp³-hybridized carbons (Fsp3) is 0.538. The van der Waals surface area contributed by atoms with Crippen molar-refractivity contribution in [2.24, 2.45) is 0 Å². The summed E-state index contributed by atoms with van der Waals surface area (Å²) in [6, 6.07) is 2.08. The minimum Gasteiger partial charge on any atom is -0.369 e. The Hall–Kier alpha value is -1.36. The van der Waals surface area contributed by atoms with Gasteiger partial charge in [-0.2, -0.15) is 4.98 Å². The molecule has 0 saturated heterocycles. The zero-order valence-corrected chi connectivity index (χ0v) is 11.8. The minimum atomic E-state index is 0.728. The van der Waals surface area contributed by atoms with Gasteiger partial charge in [0.05, 0.1) is 5.39 Å². The molecule has 2 N–H and O–H groups in total. The van der Waals surface area contributed by atoms with Crippen LogP contribution >= 0.6 is 11.3 Å². The molecule has 2 aromatic rings. The van der Waals surface area contributed by atoms with Gasteiger partial charge in [0.1, 0.15) is 10.6 Å². The molecule has 0 unspecified atom stereocenters. The van der Waals surface area contributed by atoms with E-state index in [4.69, 9.17) is 0 Å². The van der Waals surface area contributed by atoms with E-state index in [1.54, 1.807) is 11.3 Å². The van der Waals surface area contributed by atoms with Gasteiger partial charge in [-0.1, -0.05) is 20.3 Å². The molecule has 0 aliphatic carbocycles. The number of unbranched alkanes of at least 4 members (excludes halogenated alkanes) is 1. The Morgan fingerprint density at radius 3 is 2.78 bits per heavy atom. The van der Waals surface area contributed by atoms with E-state index < -0.39 is 0 Å². The maximum Gasteiger partial charge on any atom is 0.226 e. The van der Waals surface area contributed by atoms with Crippen molar-refractivity contribution in [3.8, 4) is 0 Å². The van der Waals surface area contributed by atoms with Gasteiger partial charge in [-0.05, 0) is 24.3 Å². The van der Waals surface area contributed by atoms with Crippen molar-refractivity contribution in [2.45, 2.75) is 33.1 Å². The van der Waals surface area contributed by atoms with E-state index in [0.29, 0.717) is 0 Å². The Morgan fingerprint density at radius 2 is 2.00 bits per heavy atom. The molecular formula is C13H20N4S. The fourth-order valence-corrected chi connectivity index (χ4v) is 2.45. The molecule has 2 heterocycles. The summed E-state index contributed by atoms with van der Waals surface area (Å²) in [5.74, 6) is 1.68. The third kappa shape index (κ3) is 3.10. The average molecular weight is 264 g/mol. The van der Waals surface area contributed by atoms with Gasteiger partial charge < -0.3 is 10.6 Å². The Kier molecular flexibility index (Phi) is 4.75. The van der Waals surface area contributed by atoms with Crippen molar-refractivity contribution in [2.75, 3.05) is 23.7 Å². The highest BCUT2D eigenvalue weighted by Gasteiger charge is 2.07. The van der Waals surface area contributed by atoms with Crippen molar-refractivity contribution in [1.29, 1.82) is 0 Å². The molecule has 0 saturated carbocycles. The zero-order valence-electron chi connectivity index (χ0n) is 11.0. The van der Waals surface area contributed by atoms with Crippen LogP contribution in [0.4, 0.5) is 11.8 Å². The summed E-state index contributed by atoms with van der Waals surface area (Å²) < 4.78 is 0. The van der Waals surface area contributed by atoms with E-state index in [9.17, 15) is 0 Å². The van der Waals surface area contributed by atoms with Gasteiger partial charge >= 0.3 is 0 Å². The van der Waals surface area contributed by atoms with Crippen molar-refractivity contribution in [1.82, 2.24) is 9.97 Å². The molecule has 5 heteroatoms. The van der Waals surface area contributed by atoms with Crippen molar-refractivity contribution in [3.63, 3.8) is 0 Å². The number of anilines is 2. The van der Waals surface area contributed by atoms with Crippen LogP contribution in [0.2, 0.25) is 0 Å². The van der Waals surface area contributed by atoms with Crippen LogP contribution in [0.15, 0.2) is 11.4 Å². The van der Waals surface area contributed by atoms with E-state index in [1.807, 2.05) is 0 Å². The molecule has 0 atom stereocenters. The first-order valence-electron chi connectivity index (χ1n) is 6.58. The largest absolute Gasteiger partial charge is 0.369 e. The van der Waals surface area contributed by atoms with E-state index in [1.165, 1.54) is 6.42 Å². The molecule has 0 bridgehead atoms. The molecule has 98 valence electrons.